The Balaban J connectivity index is 2.19. The topological polar surface area (TPSA) is 74.7 Å². The first-order chi connectivity index (χ1) is 8.77. The fraction of sp³-hybridized carbons (Fsp3) is 0.545. The number of halogens is 1. The number of aliphatic carboxylic acids is 1. The molecule has 2 rings (SSSR count). The van der Waals surface area contributed by atoms with Crippen LogP contribution in [0.15, 0.2) is 20.1 Å². The minimum atomic E-state index is -3.51. The van der Waals surface area contributed by atoms with Crippen LogP contribution in [0.4, 0.5) is 0 Å². The summed E-state index contributed by atoms with van der Waals surface area (Å²) < 4.78 is 27.0. The monoisotopic (exact) mass is 367 g/mol. The summed E-state index contributed by atoms with van der Waals surface area (Å²) in [5.41, 5.74) is -0.821. The van der Waals surface area contributed by atoms with Crippen LogP contribution in [0.2, 0.25) is 0 Å². The highest BCUT2D eigenvalue weighted by atomic mass is 79.9. The second kappa shape index (κ2) is 5.16. The number of carbonyl (C=O) groups is 1. The molecule has 0 radical (unpaired) electrons. The molecule has 1 fully saturated rings. The zero-order chi connectivity index (χ0) is 14.3. The van der Waals surface area contributed by atoms with Crippen molar-refractivity contribution in [3.05, 3.63) is 15.9 Å². The fourth-order valence-electron chi connectivity index (χ4n) is 2.02. The van der Waals surface area contributed by atoms with E-state index in [0.717, 1.165) is 11.3 Å². The molecular weight excluding hydrogens is 354 g/mol. The molecule has 1 aromatic rings. The van der Waals surface area contributed by atoms with E-state index in [0.29, 0.717) is 17.3 Å². The largest absolute Gasteiger partial charge is 0.481 e. The summed E-state index contributed by atoms with van der Waals surface area (Å²) in [6, 6.07) is 1.70. The minimum absolute atomic E-state index is 0.246. The van der Waals surface area contributed by atoms with Crippen molar-refractivity contribution >= 4 is 43.3 Å². The molecule has 0 bridgehead atoms. The zero-order valence-corrected chi connectivity index (χ0v) is 13.5. The van der Waals surface area contributed by atoms with Gasteiger partial charge in [0, 0.05) is 17.6 Å². The van der Waals surface area contributed by atoms with Gasteiger partial charge in [-0.1, -0.05) is 0 Å². The number of hydrogen-bond acceptors (Lipinski definition) is 4. The Kier molecular flexibility index (Phi) is 4.06. The first-order valence-corrected chi connectivity index (χ1v) is 8.85. The van der Waals surface area contributed by atoms with Crippen LogP contribution in [-0.2, 0) is 14.8 Å². The molecule has 0 atom stereocenters. The van der Waals surface area contributed by atoms with Crippen molar-refractivity contribution in [2.45, 2.75) is 24.0 Å². The lowest BCUT2D eigenvalue weighted by Crippen LogP contribution is -2.44. The highest BCUT2D eigenvalue weighted by Crippen LogP contribution is 2.36. The van der Waals surface area contributed by atoms with Crippen molar-refractivity contribution in [2.75, 3.05) is 13.1 Å². The van der Waals surface area contributed by atoms with Gasteiger partial charge in [0.1, 0.15) is 4.21 Å². The van der Waals surface area contributed by atoms with Gasteiger partial charge in [0.2, 0.25) is 0 Å². The summed E-state index contributed by atoms with van der Waals surface area (Å²) in [6.45, 7) is 2.16. The zero-order valence-electron chi connectivity index (χ0n) is 10.3. The third-order valence-corrected chi connectivity index (χ3v) is 8.05. The van der Waals surface area contributed by atoms with Gasteiger partial charge in [0.05, 0.1) is 5.41 Å². The molecule has 19 heavy (non-hydrogen) atoms. The minimum Gasteiger partial charge on any atom is -0.481 e. The van der Waals surface area contributed by atoms with Crippen LogP contribution in [0, 0.1) is 5.41 Å². The van der Waals surface area contributed by atoms with Gasteiger partial charge < -0.3 is 5.11 Å². The van der Waals surface area contributed by atoms with Crippen molar-refractivity contribution < 1.29 is 18.3 Å². The molecule has 0 spiro atoms. The summed E-state index contributed by atoms with van der Waals surface area (Å²) in [6.07, 6.45) is 0.676. The Bertz CT molecular complexity index is 588. The number of thiophene rings is 1. The molecule has 1 aromatic heterocycles. The number of piperidine rings is 1. The molecule has 2 heterocycles. The first kappa shape index (κ1) is 15.0. The molecular formula is C11H14BrNO4S2. The number of hydrogen-bond donors (Lipinski definition) is 1. The van der Waals surface area contributed by atoms with Crippen molar-refractivity contribution in [3.63, 3.8) is 0 Å². The van der Waals surface area contributed by atoms with Crippen LogP contribution in [-0.4, -0.2) is 36.9 Å². The molecule has 0 aromatic carbocycles. The molecule has 0 aliphatic carbocycles. The van der Waals surface area contributed by atoms with E-state index < -0.39 is 21.4 Å². The van der Waals surface area contributed by atoms with Gasteiger partial charge in [0.25, 0.3) is 10.0 Å². The maximum Gasteiger partial charge on any atom is 0.309 e. The second-order valence-electron chi connectivity index (χ2n) is 4.83. The van der Waals surface area contributed by atoms with Crippen LogP contribution in [0.5, 0.6) is 0 Å². The SMILES string of the molecule is CC1(C(=O)O)CCN(S(=O)(=O)c2sccc2Br)CC1. The lowest BCUT2D eigenvalue weighted by molar-refractivity contribution is -0.150. The molecule has 5 nitrogen and oxygen atoms in total. The molecule has 1 aliphatic heterocycles. The van der Waals surface area contributed by atoms with Gasteiger partial charge in [0.15, 0.2) is 0 Å². The molecule has 1 saturated heterocycles. The van der Waals surface area contributed by atoms with Crippen molar-refractivity contribution in [1.29, 1.82) is 0 Å². The van der Waals surface area contributed by atoms with Crippen LogP contribution in [0.25, 0.3) is 0 Å². The van der Waals surface area contributed by atoms with E-state index in [1.165, 1.54) is 4.31 Å². The van der Waals surface area contributed by atoms with Gasteiger partial charge in [-0.2, -0.15) is 4.31 Å². The van der Waals surface area contributed by atoms with Crippen molar-refractivity contribution in [3.8, 4) is 0 Å². The van der Waals surface area contributed by atoms with E-state index in [9.17, 15) is 13.2 Å². The molecule has 0 amide bonds. The highest BCUT2D eigenvalue weighted by Gasteiger charge is 2.40. The Morgan fingerprint density at radius 2 is 2.05 bits per heavy atom. The normalized spacial score (nSPS) is 20.3. The number of carboxylic acid groups (broad SMARTS) is 1. The van der Waals surface area contributed by atoms with Crippen LogP contribution >= 0.6 is 27.3 Å². The van der Waals surface area contributed by atoms with Gasteiger partial charge in [-0.25, -0.2) is 8.42 Å². The molecule has 1 N–H and O–H groups in total. The van der Waals surface area contributed by atoms with Crippen LogP contribution in [0.3, 0.4) is 0 Å². The highest BCUT2D eigenvalue weighted by molar-refractivity contribution is 9.10. The van der Waals surface area contributed by atoms with Crippen LogP contribution in [0.1, 0.15) is 19.8 Å². The predicted octanol–water partition coefficient (Wildman–Crippen LogP) is 2.39. The third kappa shape index (κ3) is 2.72. The second-order valence-corrected chi connectivity index (χ2v) is 8.73. The van der Waals surface area contributed by atoms with Crippen molar-refractivity contribution in [2.24, 2.45) is 5.41 Å². The molecule has 106 valence electrons. The van der Waals surface area contributed by atoms with E-state index in [-0.39, 0.29) is 17.3 Å². The Morgan fingerprint density at radius 1 is 1.47 bits per heavy atom. The predicted molar refractivity (Wildman–Crippen MR) is 75.8 cm³/mol. The third-order valence-electron chi connectivity index (χ3n) is 3.50. The van der Waals surface area contributed by atoms with Gasteiger partial charge in [-0.3, -0.25) is 4.79 Å². The Hall–Kier alpha value is -0.440. The van der Waals surface area contributed by atoms with E-state index in [4.69, 9.17) is 5.11 Å². The van der Waals surface area contributed by atoms with E-state index in [1.54, 1.807) is 18.4 Å². The summed E-state index contributed by atoms with van der Waals surface area (Å²) >= 11 is 4.39. The lowest BCUT2D eigenvalue weighted by Gasteiger charge is -2.35. The molecule has 0 unspecified atom stereocenters. The number of nitrogens with zero attached hydrogens (tertiary/aromatic N) is 1. The van der Waals surface area contributed by atoms with E-state index in [1.807, 2.05) is 0 Å². The maximum absolute atomic E-state index is 12.4. The average molecular weight is 368 g/mol. The number of carboxylic acids is 1. The molecule has 1 aliphatic rings. The summed E-state index contributed by atoms with van der Waals surface area (Å²) in [5.74, 6) is -0.859. The lowest BCUT2D eigenvalue weighted by atomic mass is 9.81. The Morgan fingerprint density at radius 3 is 2.47 bits per heavy atom. The quantitative estimate of drug-likeness (QED) is 0.889. The van der Waals surface area contributed by atoms with Crippen LogP contribution < -0.4 is 0 Å². The maximum atomic E-state index is 12.4. The summed E-state index contributed by atoms with van der Waals surface area (Å²) in [4.78, 5) is 11.1. The standard InChI is InChI=1S/C11H14BrNO4S2/c1-11(10(14)15)3-5-13(6-4-11)19(16,17)9-8(12)2-7-18-9/h2,7H,3-6H2,1H3,(H,14,15). The van der Waals surface area contributed by atoms with Crippen molar-refractivity contribution in [1.82, 2.24) is 4.31 Å². The summed E-state index contributed by atoms with van der Waals surface area (Å²) in [5, 5.41) is 10.9. The first-order valence-electron chi connectivity index (χ1n) is 5.74. The van der Waals surface area contributed by atoms with Gasteiger partial charge in [-0.15, -0.1) is 11.3 Å². The summed E-state index contributed by atoms with van der Waals surface area (Å²) in [7, 11) is -3.51. The average Bonchev–Trinajstić information content (AvgIpc) is 2.76. The van der Waals surface area contributed by atoms with Gasteiger partial charge >= 0.3 is 5.97 Å². The fourth-order valence-corrected chi connectivity index (χ4v) is 5.91. The Labute approximate surface area is 124 Å². The van der Waals surface area contributed by atoms with E-state index in [2.05, 4.69) is 15.9 Å². The number of rotatable bonds is 3. The molecule has 8 heteroatoms. The van der Waals surface area contributed by atoms with E-state index >= 15 is 0 Å². The smallest absolute Gasteiger partial charge is 0.309 e. The van der Waals surface area contributed by atoms with Gasteiger partial charge in [-0.05, 0) is 47.1 Å². The molecule has 0 saturated carbocycles. The number of sulfonamides is 1.